The summed E-state index contributed by atoms with van der Waals surface area (Å²) >= 11 is 3.75. The number of nitrogens with one attached hydrogen (secondary N) is 2. The maximum atomic E-state index is 10.6. The van der Waals surface area contributed by atoms with Gasteiger partial charge in [-0.15, -0.1) is 0 Å². The maximum Gasteiger partial charge on any atom is 0.236 e. The van der Waals surface area contributed by atoms with Crippen molar-refractivity contribution in [1.82, 2.24) is 15.2 Å². The summed E-state index contributed by atoms with van der Waals surface area (Å²) in [5, 5.41) is 8.44. The summed E-state index contributed by atoms with van der Waals surface area (Å²) in [6.45, 7) is 0. The summed E-state index contributed by atoms with van der Waals surface area (Å²) in [7, 11) is 0. The van der Waals surface area contributed by atoms with Crippen LogP contribution >= 0.6 is 12.6 Å². The number of hydrogen-bond acceptors (Lipinski definition) is 4. The molecule has 5 nitrogen and oxygen atoms in total. The van der Waals surface area contributed by atoms with Gasteiger partial charge in [0.25, 0.3) is 0 Å². The van der Waals surface area contributed by atoms with Gasteiger partial charge < -0.3 is 0 Å². The van der Waals surface area contributed by atoms with Crippen LogP contribution in [0.2, 0.25) is 0 Å². The fourth-order valence-corrected chi connectivity index (χ4v) is 0.516. The second kappa shape index (κ2) is 3.21. The molecule has 1 heterocycles. The molecule has 1 aromatic heterocycles. The quantitative estimate of drug-likeness (QED) is 0.516. The minimum Gasteiger partial charge on any atom is -0.294 e. The Hall–Kier alpha value is -1.04. The van der Waals surface area contributed by atoms with E-state index in [2.05, 4.69) is 33.1 Å². The number of carbonyl (C=O) groups is 1. The molecule has 0 fully saturated rings. The van der Waals surface area contributed by atoms with Crippen LogP contribution in [-0.2, 0) is 4.79 Å². The van der Waals surface area contributed by atoms with Crippen molar-refractivity contribution in [3.63, 3.8) is 0 Å². The number of nitrogens with zero attached hydrogens (tertiary/aromatic N) is 2. The molecule has 2 N–H and O–H groups in total. The van der Waals surface area contributed by atoms with Crippen LogP contribution < -0.4 is 5.32 Å². The highest BCUT2D eigenvalue weighted by Gasteiger charge is 1.98. The summed E-state index contributed by atoms with van der Waals surface area (Å²) < 4.78 is 0. The Bertz CT molecular complexity index is 209. The number of carbonyl (C=O) groups excluding carboxylic acids is 1. The van der Waals surface area contributed by atoms with Crippen LogP contribution in [0.25, 0.3) is 0 Å². The van der Waals surface area contributed by atoms with E-state index in [1.807, 2.05) is 0 Å². The van der Waals surface area contributed by atoms with Gasteiger partial charge in [0.2, 0.25) is 11.9 Å². The lowest BCUT2D eigenvalue weighted by Gasteiger charge is -1.94. The summed E-state index contributed by atoms with van der Waals surface area (Å²) in [6, 6.07) is 0. The second-order valence-electron chi connectivity index (χ2n) is 1.54. The second-order valence-corrected chi connectivity index (χ2v) is 1.86. The molecule has 1 amide bonds. The van der Waals surface area contributed by atoms with Gasteiger partial charge in [-0.1, -0.05) is 0 Å². The predicted octanol–water partition coefficient (Wildman–Crippen LogP) is -0.327. The van der Waals surface area contributed by atoms with Crippen LogP contribution in [0.15, 0.2) is 6.33 Å². The highest BCUT2D eigenvalue weighted by Crippen LogP contribution is 1.91. The van der Waals surface area contributed by atoms with Gasteiger partial charge in [-0.3, -0.25) is 10.1 Å². The highest BCUT2D eigenvalue weighted by molar-refractivity contribution is 7.81. The maximum absolute atomic E-state index is 10.6. The van der Waals surface area contributed by atoms with Crippen LogP contribution in [0.5, 0.6) is 0 Å². The molecule has 10 heavy (non-hydrogen) atoms. The zero-order valence-electron chi connectivity index (χ0n) is 5.03. The molecule has 0 aliphatic rings. The first-order valence-corrected chi connectivity index (χ1v) is 3.22. The van der Waals surface area contributed by atoms with E-state index in [0.717, 1.165) is 0 Å². The van der Waals surface area contributed by atoms with Gasteiger partial charge in [0, 0.05) is 0 Å². The van der Waals surface area contributed by atoms with Gasteiger partial charge in [0.15, 0.2) is 0 Å². The zero-order valence-corrected chi connectivity index (χ0v) is 5.93. The smallest absolute Gasteiger partial charge is 0.236 e. The van der Waals surface area contributed by atoms with Crippen molar-refractivity contribution in [3.8, 4) is 0 Å². The van der Waals surface area contributed by atoms with Gasteiger partial charge in [-0.2, -0.15) is 22.7 Å². The largest absolute Gasteiger partial charge is 0.294 e. The standard InChI is InChI=1S/C4H6N4OS/c9-3(1-10)7-4-5-2-6-8-4/h2,10H,1H2,(H2,5,6,7,8,9). The molecule has 0 aliphatic heterocycles. The number of rotatable bonds is 2. The fourth-order valence-electron chi connectivity index (χ4n) is 0.437. The number of hydrogen-bond donors (Lipinski definition) is 3. The van der Waals surface area contributed by atoms with Gasteiger partial charge in [-0.05, 0) is 0 Å². The molecule has 1 aromatic rings. The Morgan fingerprint density at radius 3 is 3.20 bits per heavy atom. The van der Waals surface area contributed by atoms with E-state index in [0.29, 0.717) is 5.95 Å². The van der Waals surface area contributed by atoms with E-state index in [4.69, 9.17) is 0 Å². The molecule has 1 rings (SSSR count). The number of amides is 1. The van der Waals surface area contributed by atoms with Gasteiger partial charge >= 0.3 is 0 Å². The first-order valence-electron chi connectivity index (χ1n) is 2.59. The van der Waals surface area contributed by atoms with Crippen molar-refractivity contribution in [2.75, 3.05) is 11.1 Å². The third kappa shape index (κ3) is 1.73. The van der Waals surface area contributed by atoms with Crippen LogP contribution in [0.1, 0.15) is 0 Å². The molecule has 0 saturated carbocycles. The lowest BCUT2D eigenvalue weighted by molar-refractivity contribution is -0.113. The number of thiol groups is 1. The van der Waals surface area contributed by atoms with Crippen molar-refractivity contribution < 1.29 is 4.79 Å². The van der Waals surface area contributed by atoms with E-state index >= 15 is 0 Å². The van der Waals surface area contributed by atoms with Crippen LogP contribution in [-0.4, -0.2) is 26.8 Å². The number of H-pyrrole nitrogens is 1. The minimum absolute atomic E-state index is 0.140. The van der Waals surface area contributed by atoms with E-state index in [1.165, 1.54) is 6.33 Å². The summed E-state index contributed by atoms with van der Waals surface area (Å²) in [5.41, 5.74) is 0. The lowest BCUT2D eigenvalue weighted by Crippen LogP contribution is -2.13. The number of anilines is 1. The number of aromatic nitrogens is 3. The average Bonchev–Trinajstić information content (AvgIpc) is 2.40. The van der Waals surface area contributed by atoms with Gasteiger partial charge in [0.1, 0.15) is 6.33 Å². The first-order chi connectivity index (χ1) is 4.83. The van der Waals surface area contributed by atoms with Crippen LogP contribution in [0, 0.1) is 0 Å². The number of aromatic amines is 1. The first kappa shape index (κ1) is 7.07. The third-order valence-corrected chi connectivity index (χ3v) is 1.10. The normalized spacial score (nSPS) is 9.30. The molecule has 54 valence electrons. The van der Waals surface area contributed by atoms with Crippen molar-refractivity contribution in [1.29, 1.82) is 0 Å². The zero-order chi connectivity index (χ0) is 7.40. The van der Waals surface area contributed by atoms with E-state index < -0.39 is 0 Å². The Balaban J connectivity index is 2.48. The molecule has 0 aliphatic carbocycles. The molecular formula is C4H6N4OS. The highest BCUT2D eigenvalue weighted by atomic mass is 32.1. The molecule has 6 heteroatoms. The molecule has 0 spiro atoms. The third-order valence-electron chi connectivity index (χ3n) is 0.816. The monoisotopic (exact) mass is 158 g/mol. The Morgan fingerprint density at radius 2 is 2.70 bits per heavy atom. The summed E-state index contributed by atoms with van der Waals surface area (Å²) in [4.78, 5) is 14.3. The van der Waals surface area contributed by atoms with Crippen molar-refractivity contribution in [3.05, 3.63) is 6.33 Å². The van der Waals surface area contributed by atoms with Crippen molar-refractivity contribution in [2.45, 2.75) is 0 Å². The SMILES string of the molecule is O=C(CS)Nc1ncn[nH]1. The summed E-state index contributed by atoms with van der Waals surface area (Å²) in [5.74, 6) is 0.278. The molecule has 0 aromatic carbocycles. The molecule has 0 bridgehead atoms. The fraction of sp³-hybridized carbons (Fsp3) is 0.250. The molecule has 0 atom stereocenters. The van der Waals surface area contributed by atoms with Crippen LogP contribution in [0.4, 0.5) is 5.95 Å². The topological polar surface area (TPSA) is 70.7 Å². The molecule has 0 radical (unpaired) electrons. The Labute approximate surface area is 62.6 Å². The van der Waals surface area contributed by atoms with E-state index in [1.54, 1.807) is 0 Å². The predicted molar refractivity (Wildman–Crippen MR) is 38.9 cm³/mol. The van der Waals surface area contributed by atoms with Gasteiger partial charge in [-0.25, -0.2) is 5.10 Å². The molecule has 0 saturated heterocycles. The summed E-state index contributed by atoms with van der Waals surface area (Å²) in [6.07, 6.45) is 1.31. The lowest BCUT2D eigenvalue weighted by atomic mass is 10.7. The Morgan fingerprint density at radius 1 is 1.90 bits per heavy atom. The van der Waals surface area contributed by atoms with E-state index in [-0.39, 0.29) is 11.7 Å². The van der Waals surface area contributed by atoms with Crippen LogP contribution in [0.3, 0.4) is 0 Å². The van der Waals surface area contributed by atoms with E-state index in [9.17, 15) is 4.79 Å². The molecular weight excluding hydrogens is 152 g/mol. The van der Waals surface area contributed by atoms with Crippen molar-refractivity contribution >= 4 is 24.5 Å². The van der Waals surface area contributed by atoms with Gasteiger partial charge in [0.05, 0.1) is 5.75 Å². The van der Waals surface area contributed by atoms with Crippen molar-refractivity contribution in [2.24, 2.45) is 0 Å². The average molecular weight is 158 g/mol. The molecule has 0 unspecified atom stereocenters. The Kier molecular flexibility index (Phi) is 2.27. The minimum atomic E-state index is -0.208.